The fourth-order valence-corrected chi connectivity index (χ4v) is 5.78. The first kappa shape index (κ1) is 22.2. The van der Waals surface area contributed by atoms with Crippen molar-refractivity contribution in [2.75, 3.05) is 19.6 Å². The first-order chi connectivity index (χ1) is 13.6. The number of hydrogen-bond acceptors (Lipinski definition) is 4. The van der Waals surface area contributed by atoms with Crippen molar-refractivity contribution in [2.24, 2.45) is 11.8 Å². The van der Waals surface area contributed by atoms with Crippen LogP contribution in [0.15, 0.2) is 29.2 Å². The topological polar surface area (TPSA) is 69.7 Å². The molecule has 1 N–H and O–H groups in total. The molecule has 0 aromatic heterocycles. The summed E-state index contributed by atoms with van der Waals surface area (Å²) in [6, 6.07) is 6.82. The Balaban J connectivity index is 1.80. The number of piperidine rings is 1. The molecule has 7 heteroatoms. The predicted octanol–water partition coefficient (Wildman–Crippen LogP) is 2.98. The first-order valence-electron chi connectivity index (χ1n) is 10.8. The summed E-state index contributed by atoms with van der Waals surface area (Å²) < 4.78 is 27.7. The Labute approximate surface area is 175 Å². The highest BCUT2D eigenvalue weighted by molar-refractivity contribution is 7.89. The predicted molar refractivity (Wildman–Crippen MR) is 115 cm³/mol. The number of rotatable bonds is 6. The molecule has 1 amide bonds. The Hall–Kier alpha value is -1.44. The molecule has 0 aliphatic carbocycles. The molecule has 2 atom stereocenters. The third-order valence-electron chi connectivity index (χ3n) is 6.54. The lowest BCUT2D eigenvalue weighted by Crippen LogP contribution is -2.60. The molecule has 2 fully saturated rings. The van der Waals surface area contributed by atoms with Gasteiger partial charge in [0.05, 0.1) is 16.6 Å². The largest absolute Gasteiger partial charge is 0.323 e. The molecule has 0 unspecified atom stereocenters. The number of amides is 1. The highest BCUT2D eigenvalue weighted by Crippen LogP contribution is 2.36. The van der Waals surface area contributed by atoms with Gasteiger partial charge in [-0.2, -0.15) is 4.31 Å². The zero-order valence-corrected chi connectivity index (χ0v) is 19.1. The van der Waals surface area contributed by atoms with E-state index in [0.717, 1.165) is 18.5 Å². The summed E-state index contributed by atoms with van der Waals surface area (Å²) in [6.07, 6.45) is 2.24. The molecule has 2 heterocycles. The van der Waals surface area contributed by atoms with Crippen molar-refractivity contribution in [1.82, 2.24) is 14.5 Å². The van der Waals surface area contributed by atoms with Gasteiger partial charge in [0, 0.05) is 19.6 Å². The first-order valence-corrected chi connectivity index (χ1v) is 12.2. The van der Waals surface area contributed by atoms with E-state index in [4.69, 9.17) is 0 Å². The van der Waals surface area contributed by atoms with Crippen LogP contribution in [0, 0.1) is 18.8 Å². The average Bonchev–Trinajstić information content (AvgIpc) is 2.95. The molecule has 6 nitrogen and oxygen atoms in total. The Kier molecular flexibility index (Phi) is 6.41. The number of hydrogen-bond donors (Lipinski definition) is 1. The van der Waals surface area contributed by atoms with E-state index in [1.165, 1.54) is 0 Å². The maximum absolute atomic E-state index is 13.1. The lowest BCUT2D eigenvalue weighted by molar-refractivity contribution is -0.134. The average molecular weight is 422 g/mol. The molecule has 29 heavy (non-hydrogen) atoms. The molecule has 1 spiro atoms. The molecule has 1 aromatic rings. The molecule has 0 bridgehead atoms. The third-order valence-corrected chi connectivity index (χ3v) is 8.45. The van der Waals surface area contributed by atoms with Crippen LogP contribution in [0.25, 0.3) is 0 Å². The minimum Gasteiger partial charge on any atom is -0.323 e. The van der Waals surface area contributed by atoms with Crippen molar-refractivity contribution in [2.45, 2.75) is 70.5 Å². The van der Waals surface area contributed by atoms with Gasteiger partial charge in [-0.15, -0.1) is 0 Å². The summed E-state index contributed by atoms with van der Waals surface area (Å²) in [4.78, 5) is 15.5. The van der Waals surface area contributed by atoms with E-state index in [2.05, 4.69) is 33.0 Å². The second-order valence-corrected chi connectivity index (χ2v) is 11.0. The van der Waals surface area contributed by atoms with Crippen LogP contribution < -0.4 is 5.32 Å². The van der Waals surface area contributed by atoms with E-state index < -0.39 is 15.7 Å². The summed E-state index contributed by atoms with van der Waals surface area (Å²) in [7, 11) is -3.51. The van der Waals surface area contributed by atoms with Crippen molar-refractivity contribution in [1.29, 1.82) is 0 Å². The van der Waals surface area contributed by atoms with Crippen LogP contribution in [0.2, 0.25) is 0 Å². The summed E-state index contributed by atoms with van der Waals surface area (Å²) in [5.41, 5.74) is 0.602. The molecule has 1 aromatic carbocycles. The normalized spacial score (nSPS) is 23.9. The minimum atomic E-state index is -3.51. The van der Waals surface area contributed by atoms with Crippen LogP contribution in [0.1, 0.15) is 52.5 Å². The number of aryl methyl sites for hydroxylation is 1. The van der Waals surface area contributed by atoms with Gasteiger partial charge in [-0.05, 0) is 43.7 Å². The molecular weight excluding hydrogens is 386 g/mol. The number of nitrogens with zero attached hydrogens (tertiary/aromatic N) is 2. The van der Waals surface area contributed by atoms with Gasteiger partial charge in [0.1, 0.15) is 0 Å². The quantitative estimate of drug-likeness (QED) is 0.767. The highest BCUT2D eigenvalue weighted by atomic mass is 32.2. The zero-order valence-electron chi connectivity index (χ0n) is 18.3. The van der Waals surface area contributed by atoms with E-state index >= 15 is 0 Å². The summed E-state index contributed by atoms with van der Waals surface area (Å²) in [5.74, 6) is 0.781. The van der Waals surface area contributed by atoms with Gasteiger partial charge in [0.25, 0.3) is 0 Å². The standard InChI is InChI=1S/C22H35N3O3S/c1-6-17(4)15-25-21(26)20(16(2)3)23-22(25)11-13-24(14-12-22)29(27,28)19-9-7-18(5)8-10-19/h7-10,16-17,20,23H,6,11-15H2,1-5H3/t17-,20-/m1/s1. The Morgan fingerprint density at radius 1 is 1.14 bits per heavy atom. The minimum absolute atomic E-state index is 0.162. The van der Waals surface area contributed by atoms with Gasteiger partial charge in [-0.1, -0.05) is 51.8 Å². The summed E-state index contributed by atoms with van der Waals surface area (Å²) >= 11 is 0. The van der Waals surface area contributed by atoms with E-state index in [0.29, 0.717) is 36.7 Å². The Morgan fingerprint density at radius 3 is 2.24 bits per heavy atom. The fourth-order valence-electron chi connectivity index (χ4n) is 4.34. The van der Waals surface area contributed by atoms with Gasteiger partial charge in [0.15, 0.2) is 0 Å². The van der Waals surface area contributed by atoms with E-state index in [9.17, 15) is 13.2 Å². The second kappa shape index (κ2) is 8.36. The van der Waals surface area contributed by atoms with Crippen molar-refractivity contribution in [3.8, 4) is 0 Å². The Bertz CT molecular complexity index is 827. The van der Waals surface area contributed by atoms with Gasteiger partial charge in [0.2, 0.25) is 15.9 Å². The third kappa shape index (κ3) is 4.23. The number of benzene rings is 1. The smallest absolute Gasteiger partial charge is 0.243 e. The molecular formula is C22H35N3O3S. The maximum atomic E-state index is 13.1. The summed E-state index contributed by atoms with van der Waals surface area (Å²) in [5, 5.41) is 3.61. The Morgan fingerprint density at radius 2 is 1.72 bits per heavy atom. The van der Waals surface area contributed by atoms with Crippen molar-refractivity contribution in [3.05, 3.63) is 29.8 Å². The number of carbonyl (C=O) groups excluding carboxylic acids is 1. The van der Waals surface area contributed by atoms with E-state index in [-0.39, 0.29) is 17.9 Å². The molecule has 2 aliphatic heterocycles. The van der Waals surface area contributed by atoms with Crippen LogP contribution >= 0.6 is 0 Å². The van der Waals surface area contributed by atoms with Gasteiger partial charge < -0.3 is 4.90 Å². The molecule has 162 valence electrons. The molecule has 3 rings (SSSR count). The molecule has 2 aliphatic rings. The number of sulfonamides is 1. The van der Waals surface area contributed by atoms with Gasteiger partial charge >= 0.3 is 0 Å². The lowest BCUT2D eigenvalue weighted by Gasteiger charge is -2.45. The number of nitrogens with one attached hydrogen (secondary N) is 1. The number of carbonyl (C=O) groups is 1. The molecule has 2 saturated heterocycles. The van der Waals surface area contributed by atoms with Crippen LogP contribution in [0.5, 0.6) is 0 Å². The molecule has 0 radical (unpaired) electrons. The van der Waals surface area contributed by atoms with E-state index in [1.54, 1.807) is 16.4 Å². The van der Waals surface area contributed by atoms with Crippen molar-refractivity contribution >= 4 is 15.9 Å². The van der Waals surface area contributed by atoms with Crippen LogP contribution in [-0.4, -0.2) is 54.9 Å². The van der Waals surface area contributed by atoms with Crippen LogP contribution in [0.3, 0.4) is 0 Å². The monoisotopic (exact) mass is 421 g/mol. The molecule has 0 saturated carbocycles. The second-order valence-electron chi connectivity index (χ2n) is 9.08. The van der Waals surface area contributed by atoms with E-state index in [1.807, 2.05) is 24.0 Å². The van der Waals surface area contributed by atoms with Crippen molar-refractivity contribution in [3.63, 3.8) is 0 Å². The van der Waals surface area contributed by atoms with Gasteiger partial charge in [-0.25, -0.2) is 8.42 Å². The maximum Gasteiger partial charge on any atom is 0.243 e. The lowest BCUT2D eigenvalue weighted by atomic mass is 9.95. The zero-order chi connectivity index (χ0) is 21.4. The van der Waals surface area contributed by atoms with Gasteiger partial charge in [-0.3, -0.25) is 10.1 Å². The van der Waals surface area contributed by atoms with Crippen molar-refractivity contribution < 1.29 is 13.2 Å². The highest BCUT2D eigenvalue weighted by Gasteiger charge is 2.53. The van der Waals surface area contributed by atoms with Crippen LogP contribution in [-0.2, 0) is 14.8 Å². The summed E-state index contributed by atoms with van der Waals surface area (Å²) in [6.45, 7) is 11.9. The fraction of sp³-hybridized carbons (Fsp3) is 0.682. The SMILES string of the molecule is CC[C@@H](C)CN1C(=O)[C@@H](C(C)C)NC12CCN(S(=O)(=O)c1ccc(C)cc1)CC2. The van der Waals surface area contributed by atoms with Crippen LogP contribution in [0.4, 0.5) is 0 Å².